The van der Waals surface area contributed by atoms with E-state index >= 15 is 0 Å². The fourth-order valence-corrected chi connectivity index (χ4v) is 2.82. The van der Waals surface area contributed by atoms with Crippen LogP contribution in [0.25, 0.3) is 0 Å². The first-order valence-corrected chi connectivity index (χ1v) is 7.56. The van der Waals surface area contributed by atoms with Gasteiger partial charge in [-0.2, -0.15) is 0 Å². The Morgan fingerprint density at radius 1 is 1.38 bits per heavy atom. The summed E-state index contributed by atoms with van der Waals surface area (Å²) in [6, 6.07) is 3.51. The summed E-state index contributed by atoms with van der Waals surface area (Å²) in [6.07, 6.45) is 7.64. The molecule has 2 rings (SSSR count). The molecule has 1 saturated carbocycles. The van der Waals surface area contributed by atoms with Gasteiger partial charge in [0.2, 0.25) is 5.91 Å². The van der Waals surface area contributed by atoms with Gasteiger partial charge in [-0.25, -0.2) is 0 Å². The first kappa shape index (κ1) is 15.9. The van der Waals surface area contributed by atoms with Crippen LogP contribution in [0.4, 0.5) is 0 Å². The van der Waals surface area contributed by atoms with Crippen LogP contribution in [0.5, 0.6) is 0 Å². The highest BCUT2D eigenvalue weighted by Gasteiger charge is 2.23. The summed E-state index contributed by atoms with van der Waals surface area (Å²) < 4.78 is 5.33. The van der Waals surface area contributed by atoms with Gasteiger partial charge in [-0.3, -0.25) is 9.78 Å². The van der Waals surface area contributed by atoms with E-state index in [0.29, 0.717) is 18.4 Å². The first-order valence-electron chi connectivity index (χ1n) is 7.56. The summed E-state index contributed by atoms with van der Waals surface area (Å²) in [5.74, 6) is 0.457. The van der Waals surface area contributed by atoms with Gasteiger partial charge in [0.1, 0.15) is 0 Å². The number of hydrogen-bond donors (Lipinski definition) is 2. The predicted molar refractivity (Wildman–Crippen MR) is 79.6 cm³/mol. The van der Waals surface area contributed by atoms with Crippen molar-refractivity contribution in [2.24, 2.45) is 5.92 Å². The normalized spacial score (nSPS) is 23.5. The van der Waals surface area contributed by atoms with Crippen LogP contribution in [0.1, 0.15) is 43.8 Å². The second-order valence-electron chi connectivity index (χ2n) is 5.68. The van der Waals surface area contributed by atoms with Crippen LogP contribution >= 0.6 is 0 Å². The molecular formula is C16H24N2O3. The molecule has 0 radical (unpaired) electrons. The topological polar surface area (TPSA) is 71.5 Å². The van der Waals surface area contributed by atoms with Gasteiger partial charge in [-0.1, -0.05) is 0 Å². The van der Waals surface area contributed by atoms with Gasteiger partial charge in [-0.15, -0.1) is 0 Å². The molecule has 0 spiro atoms. The monoisotopic (exact) mass is 292 g/mol. The van der Waals surface area contributed by atoms with Crippen molar-refractivity contribution >= 4 is 5.91 Å². The van der Waals surface area contributed by atoms with Gasteiger partial charge in [0.15, 0.2) is 0 Å². The zero-order chi connectivity index (χ0) is 15.1. The number of nitrogens with one attached hydrogen (secondary N) is 1. The van der Waals surface area contributed by atoms with E-state index in [2.05, 4.69) is 10.3 Å². The molecule has 1 atom stereocenters. The molecule has 0 aromatic carbocycles. The van der Waals surface area contributed by atoms with Crippen molar-refractivity contribution in [1.82, 2.24) is 10.3 Å². The number of amides is 1. The average Bonchev–Trinajstić information content (AvgIpc) is 2.54. The molecule has 21 heavy (non-hydrogen) atoms. The average molecular weight is 292 g/mol. The van der Waals surface area contributed by atoms with E-state index in [0.717, 1.165) is 31.2 Å². The van der Waals surface area contributed by atoms with E-state index in [-0.39, 0.29) is 12.5 Å². The van der Waals surface area contributed by atoms with E-state index in [1.54, 1.807) is 31.6 Å². The van der Waals surface area contributed by atoms with Gasteiger partial charge < -0.3 is 15.2 Å². The number of ether oxygens (including phenoxy) is 1. The maximum Gasteiger partial charge on any atom is 0.220 e. The minimum Gasteiger partial charge on any atom is -0.387 e. The lowest BCUT2D eigenvalue weighted by Gasteiger charge is -2.27. The molecule has 1 amide bonds. The lowest BCUT2D eigenvalue weighted by atomic mass is 9.85. The Hall–Kier alpha value is -1.46. The number of rotatable bonds is 6. The van der Waals surface area contributed by atoms with Gasteiger partial charge in [-0.05, 0) is 49.3 Å². The highest BCUT2D eigenvalue weighted by molar-refractivity contribution is 5.76. The molecule has 1 aromatic rings. The lowest BCUT2D eigenvalue weighted by Crippen LogP contribution is -2.31. The Bertz CT molecular complexity index is 430. The smallest absolute Gasteiger partial charge is 0.220 e. The standard InChI is InChI=1S/C16H24N2O3/c1-21-14-4-2-12(3-5-14)10-16(20)18-11-15(19)13-6-8-17-9-7-13/h6-9,12,14-15,19H,2-5,10-11H2,1H3,(H,18,20). The zero-order valence-electron chi connectivity index (χ0n) is 12.5. The molecule has 0 bridgehead atoms. The van der Waals surface area contributed by atoms with Crippen molar-refractivity contribution in [2.45, 2.75) is 44.3 Å². The van der Waals surface area contributed by atoms with Crippen LogP contribution in [0.3, 0.4) is 0 Å². The number of pyridine rings is 1. The van der Waals surface area contributed by atoms with Crippen molar-refractivity contribution in [3.63, 3.8) is 0 Å². The number of hydrogen-bond acceptors (Lipinski definition) is 4. The predicted octanol–water partition coefficient (Wildman–Crippen LogP) is 1.83. The summed E-state index contributed by atoms with van der Waals surface area (Å²) in [6.45, 7) is 0.246. The molecule has 1 fully saturated rings. The molecule has 1 aliphatic carbocycles. The molecular weight excluding hydrogens is 268 g/mol. The quantitative estimate of drug-likeness (QED) is 0.839. The van der Waals surface area contributed by atoms with Crippen molar-refractivity contribution in [3.8, 4) is 0 Å². The maximum atomic E-state index is 11.9. The van der Waals surface area contributed by atoms with E-state index in [1.165, 1.54) is 0 Å². The van der Waals surface area contributed by atoms with Crippen LogP contribution in [-0.4, -0.2) is 35.8 Å². The third kappa shape index (κ3) is 5.10. The Balaban J connectivity index is 1.68. The second kappa shape index (κ2) is 8.10. The molecule has 0 saturated heterocycles. The molecule has 5 nitrogen and oxygen atoms in total. The second-order valence-corrected chi connectivity index (χ2v) is 5.68. The minimum absolute atomic E-state index is 0.0176. The molecule has 0 aliphatic heterocycles. The fourth-order valence-electron chi connectivity index (χ4n) is 2.82. The summed E-state index contributed by atoms with van der Waals surface area (Å²) >= 11 is 0. The number of aromatic nitrogens is 1. The highest BCUT2D eigenvalue weighted by atomic mass is 16.5. The van der Waals surface area contributed by atoms with Crippen molar-refractivity contribution in [3.05, 3.63) is 30.1 Å². The SMILES string of the molecule is COC1CCC(CC(=O)NCC(O)c2ccncc2)CC1. The number of methoxy groups -OCH3 is 1. The molecule has 1 aromatic heterocycles. The number of aliphatic hydroxyl groups excluding tert-OH is 1. The largest absolute Gasteiger partial charge is 0.387 e. The number of nitrogens with zero attached hydrogens (tertiary/aromatic N) is 1. The molecule has 1 unspecified atom stereocenters. The Morgan fingerprint density at radius 3 is 2.67 bits per heavy atom. The Kier molecular flexibility index (Phi) is 6.14. The van der Waals surface area contributed by atoms with Crippen LogP contribution in [-0.2, 0) is 9.53 Å². The molecule has 5 heteroatoms. The van der Waals surface area contributed by atoms with Crippen LogP contribution in [0, 0.1) is 5.92 Å². The molecule has 2 N–H and O–H groups in total. The zero-order valence-corrected chi connectivity index (χ0v) is 12.5. The van der Waals surface area contributed by atoms with E-state index in [9.17, 15) is 9.90 Å². The summed E-state index contributed by atoms with van der Waals surface area (Å²) in [5.41, 5.74) is 0.769. The molecule has 116 valence electrons. The van der Waals surface area contributed by atoms with Crippen molar-refractivity contribution in [1.29, 1.82) is 0 Å². The van der Waals surface area contributed by atoms with Gasteiger partial charge in [0.25, 0.3) is 0 Å². The van der Waals surface area contributed by atoms with Crippen LogP contribution in [0.2, 0.25) is 0 Å². The molecule has 1 heterocycles. The third-order valence-electron chi connectivity index (χ3n) is 4.18. The molecule has 1 aliphatic rings. The van der Waals surface area contributed by atoms with E-state index in [4.69, 9.17) is 4.74 Å². The highest BCUT2D eigenvalue weighted by Crippen LogP contribution is 2.28. The number of aliphatic hydroxyl groups is 1. The fraction of sp³-hybridized carbons (Fsp3) is 0.625. The minimum atomic E-state index is -0.679. The third-order valence-corrected chi connectivity index (χ3v) is 4.18. The van der Waals surface area contributed by atoms with Gasteiger partial charge in [0.05, 0.1) is 12.2 Å². The summed E-state index contributed by atoms with van der Waals surface area (Å²) in [5, 5.41) is 12.8. The van der Waals surface area contributed by atoms with Crippen molar-refractivity contribution < 1.29 is 14.6 Å². The van der Waals surface area contributed by atoms with Gasteiger partial charge >= 0.3 is 0 Å². The van der Waals surface area contributed by atoms with Gasteiger partial charge in [0, 0.05) is 32.5 Å². The summed E-state index contributed by atoms with van der Waals surface area (Å²) in [4.78, 5) is 15.8. The van der Waals surface area contributed by atoms with E-state index in [1.807, 2.05) is 0 Å². The Morgan fingerprint density at radius 2 is 2.05 bits per heavy atom. The van der Waals surface area contributed by atoms with Crippen LogP contribution in [0.15, 0.2) is 24.5 Å². The first-order chi connectivity index (χ1) is 10.2. The number of carbonyl (C=O) groups is 1. The Labute approximate surface area is 125 Å². The van der Waals surface area contributed by atoms with Crippen LogP contribution < -0.4 is 5.32 Å². The van der Waals surface area contributed by atoms with Crippen molar-refractivity contribution in [2.75, 3.05) is 13.7 Å². The number of carbonyl (C=O) groups excluding carboxylic acids is 1. The maximum absolute atomic E-state index is 11.9. The lowest BCUT2D eigenvalue weighted by molar-refractivity contribution is -0.123. The van der Waals surface area contributed by atoms with E-state index < -0.39 is 6.10 Å². The summed E-state index contributed by atoms with van der Waals surface area (Å²) in [7, 11) is 1.75.